The highest BCUT2D eigenvalue weighted by Gasteiger charge is 2.45. The van der Waals surface area contributed by atoms with Crippen molar-refractivity contribution in [1.82, 2.24) is 5.48 Å². The number of halogens is 1. The molecule has 27 heavy (non-hydrogen) atoms. The zero-order valence-electron chi connectivity index (χ0n) is 14.3. The van der Waals surface area contributed by atoms with Gasteiger partial charge in [-0.15, -0.1) is 11.3 Å². The van der Waals surface area contributed by atoms with Gasteiger partial charge >= 0.3 is 0 Å². The highest BCUT2D eigenvalue weighted by atomic mass is 35.5. The van der Waals surface area contributed by atoms with Crippen LogP contribution >= 0.6 is 22.9 Å². The Morgan fingerprint density at radius 2 is 1.81 bits per heavy atom. The first-order valence-corrected chi connectivity index (χ1v) is 9.77. The molecule has 1 saturated carbocycles. The van der Waals surface area contributed by atoms with E-state index in [4.69, 9.17) is 16.8 Å². The lowest BCUT2D eigenvalue weighted by molar-refractivity contribution is -0.124. The summed E-state index contributed by atoms with van der Waals surface area (Å²) in [6.45, 7) is 0. The maximum atomic E-state index is 13.1. The van der Waals surface area contributed by atoms with Crippen LogP contribution < -0.4 is 10.8 Å². The number of carbonyl (C=O) groups excluding carboxylic acids is 2. The lowest BCUT2D eigenvalue weighted by Gasteiger charge is -2.40. The standard InChI is InChI=1S/C20H17ClN2O3S/c21-14-5-3-13(4-6-14)20(8-1-9-20)19(25)22-15-7-2-12-10-17(18(24)23-26)27-16(12)11-15/h2-7,10-11,26H,1,8-9H2,(H,22,25)(H,23,24). The van der Waals surface area contributed by atoms with Crippen LogP contribution in [0.4, 0.5) is 5.69 Å². The van der Waals surface area contributed by atoms with Crippen molar-refractivity contribution in [3.63, 3.8) is 0 Å². The number of nitrogens with one attached hydrogen (secondary N) is 2. The third-order valence-electron chi connectivity index (χ3n) is 5.14. The molecule has 4 rings (SSSR count). The molecule has 0 unspecified atom stereocenters. The van der Waals surface area contributed by atoms with Gasteiger partial charge in [0, 0.05) is 15.4 Å². The summed E-state index contributed by atoms with van der Waals surface area (Å²) in [5.41, 5.74) is 2.79. The van der Waals surface area contributed by atoms with Gasteiger partial charge in [0.15, 0.2) is 0 Å². The molecule has 1 aliphatic rings. The zero-order chi connectivity index (χ0) is 19.0. The molecule has 1 heterocycles. The largest absolute Gasteiger partial charge is 0.325 e. The van der Waals surface area contributed by atoms with E-state index < -0.39 is 11.3 Å². The Morgan fingerprint density at radius 3 is 2.44 bits per heavy atom. The molecular weight excluding hydrogens is 384 g/mol. The van der Waals surface area contributed by atoms with Crippen LogP contribution in [0.5, 0.6) is 0 Å². The van der Waals surface area contributed by atoms with Crippen LogP contribution in [0.2, 0.25) is 5.02 Å². The first-order valence-electron chi connectivity index (χ1n) is 8.57. The van der Waals surface area contributed by atoms with Crippen LogP contribution in [-0.4, -0.2) is 17.0 Å². The molecule has 3 aromatic rings. The van der Waals surface area contributed by atoms with Gasteiger partial charge in [-0.05, 0) is 54.1 Å². The van der Waals surface area contributed by atoms with Crippen molar-refractivity contribution in [2.24, 2.45) is 0 Å². The van der Waals surface area contributed by atoms with Crippen LogP contribution in [0.15, 0.2) is 48.5 Å². The van der Waals surface area contributed by atoms with Crippen LogP contribution in [0.3, 0.4) is 0 Å². The SMILES string of the molecule is O=C(NO)c1cc2ccc(NC(=O)C3(c4ccc(Cl)cc4)CCC3)cc2s1. The lowest BCUT2D eigenvalue weighted by Crippen LogP contribution is -2.45. The molecule has 0 atom stereocenters. The predicted molar refractivity (Wildman–Crippen MR) is 107 cm³/mol. The fourth-order valence-corrected chi connectivity index (χ4v) is 4.59. The normalized spacial score (nSPS) is 15.2. The Morgan fingerprint density at radius 1 is 1.07 bits per heavy atom. The molecule has 0 spiro atoms. The highest BCUT2D eigenvalue weighted by molar-refractivity contribution is 7.20. The van der Waals surface area contributed by atoms with E-state index in [0.717, 1.165) is 34.9 Å². The average molecular weight is 401 g/mol. The minimum Gasteiger partial charge on any atom is -0.325 e. The van der Waals surface area contributed by atoms with Crippen molar-refractivity contribution < 1.29 is 14.8 Å². The fourth-order valence-electron chi connectivity index (χ4n) is 3.47. The molecule has 2 aromatic carbocycles. The van der Waals surface area contributed by atoms with Gasteiger partial charge in [-0.25, -0.2) is 5.48 Å². The molecule has 3 N–H and O–H groups in total. The van der Waals surface area contributed by atoms with Gasteiger partial charge in [0.1, 0.15) is 0 Å². The van der Waals surface area contributed by atoms with E-state index >= 15 is 0 Å². The van der Waals surface area contributed by atoms with E-state index in [0.29, 0.717) is 15.6 Å². The Hall–Kier alpha value is -2.41. The monoisotopic (exact) mass is 400 g/mol. The van der Waals surface area contributed by atoms with E-state index in [-0.39, 0.29) is 5.91 Å². The van der Waals surface area contributed by atoms with E-state index in [1.807, 2.05) is 42.5 Å². The quantitative estimate of drug-likeness (QED) is 0.437. The summed E-state index contributed by atoms with van der Waals surface area (Å²) in [5, 5.41) is 13.3. The van der Waals surface area contributed by atoms with E-state index in [9.17, 15) is 9.59 Å². The van der Waals surface area contributed by atoms with Crippen molar-refractivity contribution in [3.8, 4) is 0 Å². The van der Waals surface area contributed by atoms with Crippen LogP contribution in [0.25, 0.3) is 10.1 Å². The first kappa shape index (κ1) is 18.0. The second-order valence-corrected chi connectivity index (χ2v) is 8.22. The molecule has 0 aliphatic heterocycles. The van der Waals surface area contributed by atoms with Gasteiger partial charge in [-0.3, -0.25) is 14.8 Å². The van der Waals surface area contributed by atoms with E-state index in [1.165, 1.54) is 11.3 Å². The summed E-state index contributed by atoms with van der Waals surface area (Å²) in [4.78, 5) is 25.0. The van der Waals surface area contributed by atoms with Crippen LogP contribution in [0, 0.1) is 0 Å². The van der Waals surface area contributed by atoms with Gasteiger partial charge in [0.25, 0.3) is 5.91 Å². The van der Waals surface area contributed by atoms with Crippen molar-refractivity contribution in [2.75, 3.05) is 5.32 Å². The molecular formula is C20H17ClN2O3S. The Balaban J connectivity index is 1.60. The molecule has 5 nitrogen and oxygen atoms in total. The second-order valence-electron chi connectivity index (χ2n) is 6.70. The Labute approximate surface area is 164 Å². The van der Waals surface area contributed by atoms with Crippen molar-refractivity contribution in [2.45, 2.75) is 24.7 Å². The Kier molecular flexibility index (Phi) is 4.63. The van der Waals surface area contributed by atoms with Gasteiger partial charge in [-0.2, -0.15) is 0 Å². The summed E-state index contributed by atoms with van der Waals surface area (Å²) in [6, 6.07) is 14.7. The highest BCUT2D eigenvalue weighted by Crippen LogP contribution is 2.45. The number of anilines is 1. The van der Waals surface area contributed by atoms with Crippen molar-refractivity contribution in [3.05, 3.63) is 64.0 Å². The molecule has 0 saturated heterocycles. The van der Waals surface area contributed by atoms with Crippen LogP contribution in [-0.2, 0) is 10.2 Å². The number of hydroxylamine groups is 1. The zero-order valence-corrected chi connectivity index (χ0v) is 15.9. The minimum absolute atomic E-state index is 0.0275. The summed E-state index contributed by atoms with van der Waals surface area (Å²) in [5.74, 6) is -0.571. The maximum absolute atomic E-state index is 13.1. The molecule has 0 bridgehead atoms. The smallest absolute Gasteiger partial charge is 0.284 e. The summed E-state index contributed by atoms with van der Waals surface area (Å²) in [7, 11) is 0. The summed E-state index contributed by atoms with van der Waals surface area (Å²) >= 11 is 7.24. The van der Waals surface area contributed by atoms with Gasteiger partial charge in [0.2, 0.25) is 5.91 Å². The number of hydrogen-bond acceptors (Lipinski definition) is 4. The third kappa shape index (κ3) is 3.20. The van der Waals surface area contributed by atoms with Gasteiger partial charge < -0.3 is 5.32 Å². The Bertz CT molecular complexity index is 1030. The predicted octanol–water partition coefficient (Wildman–Crippen LogP) is 4.73. The molecule has 2 amide bonds. The third-order valence-corrected chi connectivity index (χ3v) is 6.49. The summed E-state index contributed by atoms with van der Waals surface area (Å²) in [6.07, 6.45) is 2.63. The number of hydrogen-bond donors (Lipinski definition) is 3. The van der Waals surface area contributed by atoms with Crippen molar-refractivity contribution >= 4 is 50.5 Å². The average Bonchev–Trinajstić information content (AvgIpc) is 3.05. The second kappa shape index (κ2) is 6.96. The number of thiophene rings is 1. The summed E-state index contributed by atoms with van der Waals surface area (Å²) < 4.78 is 0.862. The van der Waals surface area contributed by atoms with Crippen LogP contribution in [0.1, 0.15) is 34.5 Å². The minimum atomic E-state index is -0.544. The lowest BCUT2D eigenvalue weighted by atomic mass is 9.64. The number of amides is 2. The number of fused-ring (bicyclic) bond motifs is 1. The molecule has 1 fully saturated rings. The molecule has 138 valence electrons. The van der Waals surface area contributed by atoms with Gasteiger partial charge in [-0.1, -0.05) is 36.2 Å². The first-order chi connectivity index (χ1) is 13.0. The van der Waals surface area contributed by atoms with E-state index in [2.05, 4.69) is 5.32 Å². The van der Waals surface area contributed by atoms with Gasteiger partial charge in [0.05, 0.1) is 10.3 Å². The molecule has 1 aliphatic carbocycles. The van der Waals surface area contributed by atoms with Crippen molar-refractivity contribution in [1.29, 1.82) is 0 Å². The number of carbonyl (C=O) groups is 2. The topological polar surface area (TPSA) is 78.4 Å². The van der Waals surface area contributed by atoms with E-state index in [1.54, 1.807) is 11.5 Å². The number of rotatable bonds is 4. The number of benzene rings is 2. The molecule has 0 radical (unpaired) electrons. The molecule has 7 heteroatoms. The maximum Gasteiger partial charge on any atom is 0.284 e. The molecule has 1 aromatic heterocycles. The fraction of sp³-hybridized carbons (Fsp3) is 0.200.